The molecule has 0 spiro atoms. The summed E-state index contributed by atoms with van der Waals surface area (Å²) in [7, 11) is 0. The van der Waals surface area contributed by atoms with Gasteiger partial charge in [0.2, 0.25) is 0 Å². The number of hydrogen-bond donors (Lipinski definition) is 1. The molecule has 2 aromatic rings. The van der Waals surface area contributed by atoms with Crippen LogP contribution in [0.5, 0.6) is 0 Å². The molecule has 4 nitrogen and oxygen atoms in total. The first kappa shape index (κ1) is 14.7. The molecule has 0 aliphatic rings. The number of hydrogen-bond acceptors (Lipinski definition) is 4. The lowest BCUT2D eigenvalue weighted by Gasteiger charge is -2.19. The number of nitrogens with one attached hydrogen (secondary N) is 1. The number of anilines is 1. The van der Waals surface area contributed by atoms with Gasteiger partial charge >= 0.3 is 0 Å². The van der Waals surface area contributed by atoms with Crippen molar-refractivity contribution < 1.29 is 4.79 Å². The number of benzene rings is 1. The molecule has 1 aromatic carbocycles. The molecule has 0 aliphatic carbocycles. The molecule has 5 heteroatoms. The highest BCUT2D eigenvalue weighted by molar-refractivity contribution is 7.08. The number of aryl methyl sites for hydroxylation is 1. The number of carbonyl (C=O) groups excluding carboxylic acids is 1. The number of carbonyl (C=O) groups is 1. The second-order valence-electron chi connectivity index (χ2n) is 5.68. The highest BCUT2D eigenvalue weighted by Crippen LogP contribution is 2.24. The third kappa shape index (κ3) is 3.22. The molecular formula is C15H19N3OS. The summed E-state index contributed by atoms with van der Waals surface area (Å²) in [6, 6.07) is 7.94. The Morgan fingerprint density at radius 2 is 1.90 bits per heavy atom. The third-order valence-corrected chi connectivity index (χ3v) is 3.87. The van der Waals surface area contributed by atoms with Crippen LogP contribution in [-0.4, -0.2) is 15.5 Å². The minimum Gasteiger partial charge on any atom is -0.321 e. The summed E-state index contributed by atoms with van der Waals surface area (Å²) >= 11 is 1.14. The van der Waals surface area contributed by atoms with Crippen LogP contribution in [-0.2, 0) is 11.8 Å². The minimum absolute atomic E-state index is 0.111. The summed E-state index contributed by atoms with van der Waals surface area (Å²) < 4.78 is 3.83. The first-order valence-electron chi connectivity index (χ1n) is 6.65. The molecule has 20 heavy (non-hydrogen) atoms. The van der Waals surface area contributed by atoms with E-state index in [1.165, 1.54) is 5.56 Å². The molecule has 1 amide bonds. The van der Waals surface area contributed by atoms with E-state index in [-0.39, 0.29) is 11.3 Å². The Morgan fingerprint density at radius 3 is 2.45 bits per heavy atom. The lowest BCUT2D eigenvalue weighted by atomic mass is 9.87. The summed E-state index contributed by atoms with van der Waals surface area (Å²) in [4.78, 5) is 12.7. The van der Waals surface area contributed by atoms with Crippen LogP contribution in [0.25, 0.3) is 0 Å². The van der Waals surface area contributed by atoms with Crippen LogP contribution in [0.1, 0.15) is 48.6 Å². The van der Waals surface area contributed by atoms with E-state index in [1.807, 2.05) is 31.2 Å². The maximum atomic E-state index is 12.2. The van der Waals surface area contributed by atoms with Crippen molar-refractivity contribution >= 4 is 23.1 Å². The van der Waals surface area contributed by atoms with Crippen molar-refractivity contribution in [1.82, 2.24) is 9.59 Å². The summed E-state index contributed by atoms with van der Waals surface area (Å²) in [5.74, 6) is -0.139. The van der Waals surface area contributed by atoms with Crippen LogP contribution < -0.4 is 5.32 Å². The first-order chi connectivity index (χ1) is 9.41. The van der Waals surface area contributed by atoms with E-state index in [0.717, 1.165) is 22.9 Å². The van der Waals surface area contributed by atoms with Crippen molar-refractivity contribution in [3.63, 3.8) is 0 Å². The molecule has 0 atom stereocenters. The number of nitrogens with zero attached hydrogens (tertiary/aromatic N) is 2. The first-order valence-corrected chi connectivity index (χ1v) is 7.42. The molecule has 0 saturated carbocycles. The number of amides is 1. The summed E-state index contributed by atoms with van der Waals surface area (Å²) in [6.45, 7) is 8.46. The van der Waals surface area contributed by atoms with Gasteiger partial charge in [0.05, 0.1) is 5.69 Å². The zero-order valence-electron chi connectivity index (χ0n) is 12.2. The Kier molecular flexibility index (Phi) is 4.18. The fraction of sp³-hybridized carbons (Fsp3) is 0.400. The molecule has 1 aromatic heterocycles. The van der Waals surface area contributed by atoms with Crippen LogP contribution in [0.4, 0.5) is 5.69 Å². The largest absolute Gasteiger partial charge is 0.321 e. The maximum absolute atomic E-state index is 12.2. The van der Waals surface area contributed by atoms with Gasteiger partial charge in [-0.05, 0) is 41.1 Å². The summed E-state index contributed by atoms with van der Waals surface area (Å²) in [5, 5.41) is 6.84. The van der Waals surface area contributed by atoms with E-state index in [1.54, 1.807) is 0 Å². The predicted molar refractivity (Wildman–Crippen MR) is 82.4 cm³/mol. The van der Waals surface area contributed by atoms with E-state index in [2.05, 4.69) is 35.7 Å². The van der Waals surface area contributed by atoms with Gasteiger partial charge in [-0.3, -0.25) is 4.79 Å². The van der Waals surface area contributed by atoms with Crippen molar-refractivity contribution in [3.8, 4) is 0 Å². The molecule has 106 valence electrons. The van der Waals surface area contributed by atoms with Crippen LogP contribution in [0.15, 0.2) is 24.3 Å². The molecular weight excluding hydrogens is 270 g/mol. The Morgan fingerprint density at radius 1 is 1.25 bits per heavy atom. The molecule has 1 N–H and O–H groups in total. The molecule has 0 radical (unpaired) electrons. The maximum Gasteiger partial charge on any atom is 0.269 e. The third-order valence-electron chi connectivity index (χ3n) is 3.11. The zero-order valence-corrected chi connectivity index (χ0v) is 13.0. The van der Waals surface area contributed by atoms with E-state index in [9.17, 15) is 4.79 Å². The highest BCUT2D eigenvalue weighted by Gasteiger charge is 2.16. The lowest BCUT2D eigenvalue weighted by Crippen LogP contribution is -2.13. The van der Waals surface area contributed by atoms with Gasteiger partial charge in [-0.15, -0.1) is 5.10 Å². The Labute approximate surface area is 123 Å². The average Bonchev–Trinajstić information content (AvgIpc) is 2.86. The molecule has 0 saturated heterocycles. The molecule has 1 heterocycles. The van der Waals surface area contributed by atoms with E-state index < -0.39 is 0 Å². The van der Waals surface area contributed by atoms with Gasteiger partial charge in [0.1, 0.15) is 4.88 Å². The SMILES string of the molecule is CCc1nnsc1C(=O)Nc1ccc(C(C)(C)C)cc1. The Hall–Kier alpha value is -1.75. The summed E-state index contributed by atoms with van der Waals surface area (Å²) in [6.07, 6.45) is 0.711. The van der Waals surface area contributed by atoms with Gasteiger partial charge in [-0.1, -0.05) is 44.3 Å². The minimum atomic E-state index is -0.139. The second-order valence-corrected chi connectivity index (χ2v) is 6.44. The molecule has 0 unspecified atom stereocenters. The molecule has 0 aliphatic heterocycles. The van der Waals surface area contributed by atoms with Crippen molar-refractivity contribution in [1.29, 1.82) is 0 Å². The van der Waals surface area contributed by atoms with Gasteiger partial charge in [0.25, 0.3) is 5.91 Å². The smallest absolute Gasteiger partial charge is 0.269 e. The van der Waals surface area contributed by atoms with Crippen molar-refractivity contribution in [3.05, 3.63) is 40.4 Å². The van der Waals surface area contributed by atoms with Crippen LogP contribution in [0, 0.1) is 0 Å². The van der Waals surface area contributed by atoms with Gasteiger partial charge in [0.15, 0.2) is 0 Å². The van der Waals surface area contributed by atoms with Crippen LogP contribution in [0.3, 0.4) is 0 Å². The highest BCUT2D eigenvalue weighted by atomic mass is 32.1. The van der Waals surface area contributed by atoms with Crippen LogP contribution >= 0.6 is 11.5 Å². The fourth-order valence-electron chi connectivity index (χ4n) is 1.85. The van der Waals surface area contributed by atoms with Gasteiger partial charge in [-0.2, -0.15) is 0 Å². The monoisotopic (exact) mass is 289 g/mol. The molecule has 0 fully saturated rings. The normalized spacial score (nSPS) is 11.4. The van der Waals surface area contributed by atoms with Gasteiger partial charge < -0.3 is 5.32 Å². The lowest BCUT2D eigenvalue weighted by molar-refractivity contribution is 0.102. The second kappa shape index (κ2) is 5.71. The Balaban J connectivity index is 2.13. The number of aromatic nitrogens is 2. The van der Waals surface area contributed by atoms with Crippen molar-refractivity contribution in [2.45, 2.75) is 39.5 Å². The predicted octanol–water partition coefficient (Wildman–Crippen LogP) is 3.65. The van der Waals surface area contributed by atoms with Crippen LogP contribution in [0.2, 0.25) is 0 Å². The van der Waals surface area contributed by atoms with E-state index in [4.69, 9.17) is 0 Å². The van der Waals surface area contributed by atoms with E-state index in [0.29, 0.717) is 11.3 Å². The standard InChI is InChI=1S/C15H19N3OS/c1-5-12-13(20-18-17-12)14(19)16-11-8-6-10(7-9-11)15(2,3)4/h6-9H,5H2,1-4H3,(H,16,19). The van der Waals surface area contributed by atoms with Gasteiger partial charge in [0, 0.05) is 5.69 Å². The zero-order chi connectivity index (χ0) is 14.8. The Bertz CT molecular complexity index is 596. The fourth-order valence-corrected chi connectivity index (χ4v) is 2.50. The quantitative estimate of drug-likeness (QED) is 0.938. The molecule has 2 rings (SSSR count). The van der Waals surface area contributed by atoms with E-state index >= 15 is 0 Å². The topological polar surface area (TPSA) is 54.9 Å². The summed E-state index contributed by atoms with van der Waals surface area (Å²) in [5.41, 5.74) is 2.89. The van der Waals surface area contributed by atoms with Crippen molar-refractivity contribution in [2.75, 3.05) is 5.32 Å². The van der Waals surface area contributed by atoms with Crippen molar-refractivity contribution in [2.24, 2.45) is 0 Å². The molecule has 0 bridgehead atoms. The number of rotatable bonds is 3. The van der Waals surface area contributed by atoms with Gasteiger partial charge in [-0.25, -0.2) is 0 Å². The average molecular weight is 289 g/mol.